The summed E-state index contributed by atoms with van der Waals surface area (Å²) in [5, 5.41) is 3.02. The highest BCUT2D eigenvalue weighted by Gasteiger charge is 2.18. The first-order valence-electron chi connectivity index (χ1n) is 8.51. The SMILES string of the molecule is CCN1CCc2ccc(NC(=O)CCc3ccccc3OC)cc21. The van der Waals surface area contributed by atoms with E-state index in [-0.39, 0.29) is 5.91 Å². The van der Waals surface area contributed by atoms with Gasteiger partial charge in [-0.05, 0) is 49.1 Å². The van der Waals surface area contributed by atoms with Gasteiger partial charge in [-0.1, -0.05) is 24.3 Å². The molecule has 0 spiro atoms. The second kappa shape index (κ2) is 7.39. The van der Waals surface area contributed by atoms with Crippen LogP contribution in [-0.2, 0) is 17.6 Å². The Bertz CT molecular complexity index is 727. The van der Waals surface area contributed by atoms with Crippen molar-refractivity contribution in [2.45, 2.75) is 26.2 Å². The number of carbonyl (C=O) groups excluding carboxylic acids is 1. The number of fused-ring (bicyclic) bond motifs is 1. The fourth-order valence-corrected chi connectivity index (χ4v) is 3.23. The first-order chi connectivity index (χ1) is 11.7. The molecule has 0 unspecified atom stereocenters. The summed E-state index contributed by atoms with van der Waals surface area (Å²) in [7, 11) is 1.66. The first-order valence-corrected chi connectivity index (χ1v) is 8.51. The van der Waals surface area contributed by atoms with E-state index in [0.717, 1.165) is 36.5 Å². The highest BCUT2D eigenvalue weighted by atomic mass is 16.5. The zero-order valence-corrected chi connectivity index (χ0v) is 14.3. The topological polar surface area (TPSA) is 41.6 Å². The summed E-state index contributed by atoms with van der Waals surface area (Å²) in [5.41, 5.74) is 4.55. The standard InChI is InChI=1S/C20H24N2O2/c1-3-22-13-12-15-8-10-17(14-18(15)22)21-20(23)11-9-16-6-4-5-7-19(16)24-2/h4-8,10,14H,3,9,11-13H2,1-2H3,(H,21,23). The monoisotopic (exact) mass is 324 g/mol. The number of para-hydroxylation sites is 1. The van der Waals surface area contributed by atoms with Gasteiger partial charge in [-0.15, -0.1) is 0 Å². The lowest BCUT2D eigenvalue weighted by Gasteiger charge is -2.17. The van der Waals surface area contributed by atoms with Crippen LogP contribution in [0.25, 0.3) is 0 Å². The van der Waals surface area contributed by atoms with Crippen LogP contribution in [0.3, 0.4) is 0 Å². The summed E-state index contributed by atoms with van der Waals surface area (Å²) in [6, 6.07) is 14.0. The molecule has 1 aliphatic rings. The third-order valence-corrected chi connectivity index (χ3v) is 4.56. The fourth-order valence-electron chi connectivity index (χ4n) is 3.23. The van der Waals surface area contributed by atoms with Gasteiger partial charge in [0.2, 0.25) is 5.91 Å². The Morgan fingerprint density at radius 3 is 2.88 bits per heavy atom. The Morgan fingerprint density at radius 1 is 1.25 bits per heavy atom. The number of anilines is 2. The molecule has 4 nitrogen and oxygen atoms in total. The van der Waals surface area contributed by atoms with E-state index in [0.29, 0.717) is 12.8 Å². The maximum atomic E-state index is 12.3. The molecule has 0 radical (unpaired) electrons. The molecule has 24 heavy (non-hydrogen) atoms. The summed E-state index contributed by atoms with van der Waals surface area (Å²) in [6.07, 6.45) is 2.20. The molecule has 0 bridgehead atoms. The number of aryl methyl sites for hydroxylation is 1. The van der Waals surface area contributed by atoms with Gasteiger partial charge in [0.1, 0.15) is 5.75 Å². The van der Waals surface area contributed by atoms with E-state index < -0.39 is 0 Å². The molecule has 4 heteroatoms. The number of rotatable bonds is 6. The van der Waals surface area contributed by atoms with E-state index in [1.165, 1.54) is 11.3 Å². The molecule has 0 aromatic heterocycles. The number of hydrogen-bond donors (Lipinski definition) is 1. The number of carbonyl (C=O) groups is 1. The molecule has 0 atom stereocenters. The van der Waals surface area contributed by atoms with Crippen LogP contribution in [-0.4, -0.2) is 26.1 Å². The van der Waals surface area contributed by atoms with Crippen molar-refractivity contribution >= 4 is 17.3 Å². The molecule has 0 fully saturated rings. The van der Waals surface area contributed by atoms with Crippen molar-refractivity contribution in [2.75, 3.05) is 30.4 Å². The molecule has 0 saturated heterocycles. The van der Waals surface area contributed by atoms with Crippen LogP contribution in [0.1, 0.15) is 24.5 Å². The Hall–Kier alpha value is -2.49. The molecule has 1 aliphatic heterocycles. The van der Waals surface area contributed by atoms with Gasteiger partial charge in [-0.25, -0.2) is 0 Å². The summed E-state index contributed by atoms with van der Waals surface area (Å²) >= 11 is 0. The van der Waals surface area contributed by atoms with Crippen LogP contribution in [0, 0.1) is 0 Å². The van der Waals surface area contributed by atoms with Gasteiger partial charge in [0.25, 0.3) is 0 Å². The zero-order chi connectivity index (χ0) is 16.9. The third-order valence-electron chi connectivity index (χ3n) is 4.56. The molecule has 1 amide bonds. The van der Waals surface area contributed by atoms with Crippen LogP contribution in [0.2, 0.25) is 0 Å². The summed E-state index contributed by atoms with van der Waals surface area (Å²) < 4.78 is 5.33. The third kappa shape index (κ3) is 3.53. The highest BCUT2D eigenvalue weighted by Crippen LogP contribution is 2.30. The van der Waals surface area contributed by atoms with Crippen LogP contribution in [0.4, 0.5) is 11.4 Å². The number of benzene rings is 2. The maximum Gasteiger partial charge on any atom is 0.224 e. The Kier molecular flexibility index (Phi) is 5.04. The van der Waals surface area contributed by atoms with Gasteiger partial charge in [0.15, 0.2) is 0 Å². The second-order valence-electron chi connectivity index (χ2n) is 6.03. The maximum absolute atomic E-state index is 12.3. The minimum Gasteiger partial charge on any atom is -0.496 e. The van der Waals surface area contributed by atoms with E-state index in [2.05, 4.69) is 29.3 Å². The predicted molar refractivity (Wildman–Crippen MR) is 98.0 cm³/mol. The summed E-state index contributed by atoms with van der Waals surface area (Å²) in [4.78, 5) is 14.6. The van der Waals surface area contributed by atoms with Crippen molar-refractivity contribution in [1.29, 1.82) is 0 Å². The number of ether oxygens (including phenoxy) is 1. The van der Waals surface area contributed by atoms with Crippen molar-refractivity contribution in [3.05, 3.63) is 53.6 Å². The number of likely N-dealkylation sites (N-methyl/N-ethyl adjacent to an activating group) is 1. The van der Waals surface area contributed by atoms with Gasteiger partial charge in [-0.2, -0.15) is 0 Å². The lowest BCUT2D eigenvalue weighted by Crippen LogP contribution is -2.19. The fraction of sp³-hybridized carbons (Fsp3) is 0.350. The van der Waals surface area contributed by atoms with Crippen molar-refractivity contribution in [3.63, 3.8) is 0 Å². The van der Waals surface area contributed by atoms with Crippen molar-refractivity contribution < 1.29 is 9.53 Å². The van der Waals surface area contributed by atoms with Crippen LogP contribution in [0.15, 0.2) is 42.5 Å². The molecule has 0 saturated carbocycles. The van der Waals surface area contributed by atoms with E-state index in [9.17, 15) is 4.79 Å². The highest BCUT2D eigenvalue weighted by molar-refractivity contribution is 5.91. The minimum atomic E-state index is 0.0295. The average Bonchev–Trinajstić information content (AvgIpc) is 3.02. The molecule has 1 heterocycles. The minimum absolute atomic E-state index is 0.0295. The Balaban J connectivity index is 1.61. The second-order valence-corrected chi connectivity index (χ2v) is 6.03. The number of nitrogens with zero attached hydrogens (tertiary/aromatic N) is 1. The van der Waals surface area contributed by atoms with E-state index in [1.807, 2.05) is 30.3 Å². The van der Waals surface area contributed by atoms with Gasteiger partial charge in [0.05, 0.1) is 7.11 Å². The number of amides is 1. The molecule has 3 rings (SSSR count). The first kappa shape index (κ1) is 16.4. The molecule has 2 aromatic carbocycles. The van der Waals surface area contributed by atoms with Crippen LogP contribution in [0.5, 0.6) is 5.75 Å². The average molecular weight is 324 g/mol. The van der Waals surface area contributed by atoms with E-state index >= 15 is 0 Å². The zero-order valence-electron chi connectivity index (χ0n) is 14.3. The summed E-state index contributed by atoms with van der Waals surface area (Å²) in [5.74, 6) is 0.864. The van der Waals surface area contributed by atoms with Gasteiger partial charge < -0.3 is 15.0 Å². The largest absolute Gasteiger partial charge is 0.496 e. The molecule has 1 N–H and O–H groups in total. The molecule has 0 aliphatic carbocycles. The number of nitrogens with one attached hydrogen (secondary N) is 1. The van der Waals surface area contributed by atoms with Crippen LogP contribution < -0.4 is 15.0 Å². The number of hydrogen-bond acceptors (Lipinski definition) is 3. The van der Waals surface area contributed by atoms with Crippen molar-refractivity contribution in [3.8, 4) is 5.75 Å². The quantitative estimate of drug-likeness (QED) is 0.882. The van der Waals surface area contributed by atoms with Crippen molar-refractivity contribution in [1.82, 2.24) is 0 Å². The summed E-state index contributed by atoms with van der Waals surface area (Å²) in [6.45, 7) is 4.23. The van der Waals surface area contributed by atoms with E-state index in [1.54, 1.807) is 7.11 Å². The van der Waals surface area contributed by atoms with E-state index in [4.69, 9.17) is 4.74 Å². The van der Waals surface area contributed by atoms with Crippen LogP contribution >= 0.6 is 0 Å². The molecular formula is C20H24N2O2. The Labute approximate surface area is 143 Å². The van der Waals surface area contributed by atoms with Gasteiger partial charge >= 0.3 is 0 Å². The normalized spacial score (nSPS) is 12.8. The van der Waals surface area contributed by atoms with Crippen molar-refractivity contribution in [2.24, 2.45) is 0 Å². The van der Waals surface area contributed by atoms with Gasteiger partial charge in [-0.3, -0.25) is 4.79 Å². The predicted octanol–water partition coefficient (Wildman–Crippen LogP) is 3.65. The Morgan fingerprint density at radius 2 is 2.08 bits per heavy atom. The molecule has 2 aromatic rings. The number of methoxy groups -OCH3 is 1. The lowest BCUT2D eigenvalue weighted by atomic mass is 10.1. The molecule has 126 valence electrons. The smallest absolute Gasteiger partial charge is 0.224 e. The lowest BCUT2D eigenvalue weighted by molar-refractivity contribution is -0.116. The molecular weight excluding hydrogens is 300 g/mol. The van der Waals surface area contributed by atoms with Gasteiger partial charge in [0, 0.05) is 30.9 Å².